The van der Waals surface area contributed by atoms with Crippen LogP contribution in [0.5, 0.6) is 17.2 Å². The van der Waals surface area contributed by atoms with Gasteiger partial charge in [0.1, 0.15) is 22.1 Å². The van der Waals surface area contributed by atoms with E-state index in [-0.39, 0.29) is 22.9 Å². The lowest BCUT2D eigenvalue weighted by atomic mass is 10.1. The highest BCUT2D eigenvalue weighted by molar-refractivity contribution is 7.90. The second-order valence-corrected chi connectivity index (χ2v) is 9.21. The maximum absolute atomic E-state index is 12.4. The number of carbonyl (C=O) groups is 1. The van der Waals surface area contributed by atoms with Gasteiger partial charge in [-0.15, -0.1) is 13.2 Å². The molecule has 0 bridgehead atoms. The molecule has 11 heteroatoms. The first kappa shape index (κ1) is 24.9. The smallest absolute Gasteiger partial charge is 0.507 e. The number of hydrogen-bond donors (Lipinski definition) is 2. The molecule has 2 N–H and O–H groups in total. The van der Waals surface area contributed by atoms with Crippen LogP contribution >= 0.6 is 0 Å². The zero-order valence-electron chi connectivity index (χ0n) is 17.8. The summed E-state index contributed by atoms with van der Waals surface area (Å²) in [5.41, 5.74) is 1.25. The standard InChI is InChI=1S/C23H20F3NO6S/c1-34(30,31)21-14-17(6-11-20(21)28)27-22(29)16-4-9-18(10-5-16)32-13-12-15-2-7-19(8-3-15)33-23(24,25)26/h2-11,14,28H,12-13H2,1H3,(H,27,29). The third-order valence-electron chi connectivity index (χ3n) is 4.55. The quantitative estimate of drug-likeness (QED) is 0.444. The number of nitrogens with one attached hydrogen (secondary N) is 1. The number of halogens is 3. The number of benzene rings is 3. The fraction of sp³-hybridized carbons (Fsp3) is 0.174. The van der Waals surface area contributed by atoms with E-state index >= 15 is 0 Å². The third-order valence-corrected chi connectivity index (χ3v) is 5.68. The highest BCUT2D eigenvalue weighted by Crippen LogP contribution is 2.26. The predicted octanol–water partition coefficient (Wildman–Crippen LogP) is 4.57. The lowest BCUT2D eigenvalue weighted by molar-refractivity contribution is -0.274. The molecule has 0 aliphatic rings. The molecule has 0 heterocycles. The first-order valence-corrected chi connectivity index (χ1v) is 11.7. The van der Waals surface area contributed by atoms with Crippen LogP contribution in [0.1, 0.15) is 15.9 Å². The van der Waals surface area contributed by atoms with Gasteiger partial charge in [-0.3, -0.25) is 4.79 Å². The fourth-order valence-electron chi connectivity index (χ4n) is 2.94. The maximum Gasteiger partial charge on any atom is 0.573 e. The molecule has 0 saturated heterocycles. The second-order valence-electron chi connectivity index (χ2n) is 7.22. The van der Waals surface area contributed by atoms with Gasteiger partial charge in [-0.25, -0.2) is 8.42 Å². The lowest BCUT2D eigenvalue weighted by Gasteiger charge is -2.10. The highest BCUT2D eigenvalue weighted by atomic mass is 32.2. The summed E-state index contributed by atoms with van der Waals surface area (Å²) in [6.07, 6.45) is -3.35. The number of phenolic OH excluding ortho intramolecular Hbond substituents is 1. The van der Waals surface area contributed by atoms with Gasteiger partial charge in [-0.05, 0) is 60.2 Å². The molecule has 3 aromatic carbocycles. The molecule has 0 unspecified atom stereocenters. The van der Waals surface area contributed by atoms with Gasteiger partial charge < -0.3 is 19.9 Å². The molecule has 0 radical (unpaired) electrons. The van der Waals surface area contributed by atoms with E-state index in [1.807, 2.05) is 0 Å². The molecule has 34 heavy (non-hydrogen) atoms. The van der Waals surface area contributed by atoms with Crippen LogP contribution in [0.4, 0.5) is 18.9 Å². The van der Waals surface area contributed by atoms with Crippen molar-refractivity contribution in [2.45, 2.75) is 17.7 Å². The Hall–Kier alpha value is -3.73. The first-order valence-electron chi connectivity index (χ1n) is 9.83. The van der Waals surface area contributed by atoms with E-state index < -0.39 is 27.9 Å². The molecule has 0 aliphatic carbocycles. The predicted molar refractivity (Wildman–Crippen MR) is 118 cm³/mol. The molecule has 0 aromatic heterocycles. The molecule has 0 saturated carbocycles. The summed E-state index contributed by atoms with van der Waals surface area (Å²) >= 11 is 0. The van der Waals surface area contributed by atoms with E-state index in [9.17, 15) is 31.5 Å². The summed E-state index contributed by atoms with van der Waals surface area (Å²) < 4.78 is 69.4. The molecule has 0 spiro atoms. The second kappa shape index (κ2) is 10.0. The van der Waals surface area contributed by atoms with Gasteiger partial charge in [-0.1, -0.05) is 12.1 Å². The molecule has 1 amide bonds. The average Bonchev–Trinajstić information content (AvgIpc) is 2.75. The van der Waals surface area contributed by atoms with Crippen LogP contribution in [-0.2, 0) is 16.3 Å². The molecule has 7 nitrogen and oxygen atoms in total. The van der Waals surface area contributed by atoms with Crippen LogP contribution in [0.2, 0.25) is 0 Å². The Morgan fingerprint density at radius 2 is 1.59 bits per heavy atom. The number of carbonyl (C=O) groups excluding carboxylic acids is 1. The van der Waals surface area contributed by atoms with Gasteiger partial charge in [0, 0.05) is 23.9 Å². The molecular formula is C23H20F3NO6S. The number of rotatable bonds is 8. The van der Waals surface area contributed by atoms with Crippen molar-refractivity contribution >= 4 is 21.4 Å². The van der Waals surface area contributed by atoms with Crippen molar-refractivity contribution in [3.8, 4) is 17.2 Å². The molecule has 0 aliphatic heterocycles. The van der Waals surface area contributed by atoms with Crippen LogP contribution in [0, 0.1) is 0 Å². The maximum atomic E-state index is 12.4. The molecule has 3 rings (SSSR count). The monoisotopic (exact) mass is 495 g/mol. The van der Waals surface area contributed by atoms with Crippen molar-refractivity contribution in [1.82, 2.24) is 0 Å². The van der Waals surface area contributed by atoms with Gasteiger partial charge in [0.2, 0.25) is 0 Å². The van der Waals surface area contributed by atoms with Crippen molar-refractivity contribution in [3.05, 3.63) is 77.9 Å². The number of phenols is 1. The highest BCUT2D eigenvalue weighted by Gasteiger charge is 2.30. The van der Waals surface area contributed by atoms with Crippen molar-refractivity contribution in [2.75, 3.05) is 18.2 Å². The van der Waals surface area contributed by atoms with E-state index in [1.165, 1.54) is 54.6 Å². The Morgan fingerprint density at radius 3 is 2.18 bits per heavy atom. The minimum absolute atomic E-state index is 0.204. The van der Waals surface area contributed by atoms with Gasteiger partial charge in [0.05, 0.1) is 6.61 Å². The summed E-state index contributed by atoms with van der Waals surface area (Å²) in [6, 6.07) is 15.4. The number of anilines is 1. The topological polar surface area (TPSA) is 102 Å². The van der Waals surface area contributed by atoms with Crippen molar-refractivity contribution in [3.63, 3.8) is 0 Å². The molecule has 180 valence electrons. The van der Waals surface area contributed by atoms with Gasteiger partial charge in [0.25, 0.3) is 5.91 Å². The largest absolute Gasteiger partial charge is 0.573 e. The Bertz CT molecular complexity index is 1260. The normalized spacial score (nSPS) is 11.6. The van der Waals surface area contributed by atoms with Crippen LogP contribution in [0.15, 0.2) is 71.6 Å². The Morgan fingerprint density at radius 1 is 0.971 bits per heavy atom. The minimum Gasteiger partial charge on any atom is -0.507 e. The molecule has 0 fully saturated rings. The van der Waals surface area contributed by atoms with E-state index in [0.29, 0.717) is 17.7 Å². The zero-order valence-corrected chi connectivity index (χ0v) is 18.6. The van der Waals surface area contributed by atoms with E-state index in [4.69, 9.17) is 4.74 Å². The van der Waals surface area contributed by atoms with E-state index in [0.717, 1.165) is 11.8 Å². The number of alkyl halides is 3. The van der Waals surface area contributed by atoms with Crippen molar-refractivity contribution < 1.29 is 41.0 Å². The zero-order chi connectivity index (χ0) is 24.9. The molecule has 3 aromatic rings. The average molecular weight is 495 g/mol. The number of hydrogen-bond acceptors (Lipinski definition) is 6. The van der Waals surface area contributed by atoms with E-state index in [2.05, 4.69) is 10.1 Å². The van der Waals surface area contributed by atoms with Crippen molar-refractivity contribution in [1.29, 1.82) is 0 Å². The number of aromatic hydroxyl groups is 1. The SMILES string of the molecule is CS(=O)(=O)c1cc(NC(=O)c2ccc(OCCc3ccc(OC(F)(F)F)cc3)cc2)ccc1O. The Labute approximate surface area is 193 Å². The Kier molecular flexibility index (Phi) is 7.35. The summed E-state index contributed by atoms with van der Waals surface area (Å²) in [5.74, 6) is -0.714. The summed E-state index contributed by atoms with van der Waals surface area (Å²) in [7, 11) is -3.67. The van der Waals surface area contributed by atoms with Crippen LogP contribution in [-0.4, -0.2) is 38.7 Å². The summed E-state index contributed by atoms with van der Waals surface area (Å²) in [5, 5.41) is 12.3. The van der Waals surface area contributed by atoms with Crippen LogP contribution in [0.3, 0.4) is 0 Å². The van der Waals surface area contributed by atoms with Gasteiger partial charge in [0.15, 0.2) is 9.84 Å². The van der Waals surface area contributed by atoms with Gasteiger partial charge >= 0.3 is 6.36 Å². The number of ether oxygens (including phenoxy) is 2. The number of sulfone groups is 1. The minimum atomic E-state index is -4.74. The van der Waals surface area contributed by atoms with E-state index in [1.54, 1.807) is 12.1 Å². The molecular weight excluding hydrogens is 475 g/mol. The summed E-state index contributed by atoms with van der Waals surface area (Å²) in [4.78, 5) is 12.1. The fourth-order valence-corrected chi connectivity index (χ4v) is 3.73. The third kappa shape index (κ3) is 7.14. The Balaban J connectivity index is 1.53. The lowest BCUT2D eigenvalue weighted by Crippen LogP contribution is -2.17. The van der Waals surface area contributed by atoms with Crippen LogP contribution < -0.4 is 14.8 Å². The number of amides is 1. The van der Waals surface area contributed by atoms with Crippen LogP contribution in [0.25, 0.3) is 0 Å². The molecule has 0 atom stereocenters. The first-order chi connectivity index (χ1) is 15.9. The van der Waals surface area contributed by atoms with Gasteiger partial charge in [-0.2, -0.15) is 0 Å². The summed E-state index contributed by atoms with van der Waals surface area (Å²) in [6.45, 7) is 0.257. The van der Waals surface area contributed by atoms with Crippen molar-refractivity contribution in [2.24, 2.45) is 0 Å².